The molecule has 2 aromatic rings. The number of hydrogen-bond donors (Lipinski definition) is 3. The second-order valence-electron chi connectivity index (χ2n) is 4.26. The molecule has 0 aliphatic rings. The molecule has 0 aromatic carbocycles. The standard InChI is InChI=1S/C14H18N4O3/c1-2-16-14(17-8-10-4-3-7-20-10)18-9-11-5-6-12(21-11)13(15)19/h3-7H,2,8-9H2,1H3,(H2,15,19)(H2,16,17,18). The molecule has 0 atom stereocenters. The molecule has 2 aromatic heterocycles. The monoisotopic (exact) mass is 290 g/mol. The molecule has 1 amide bonds. The summed E-state index contributed by atoms with van der Waals surface area (Å²) in [5.74, 6) is 1.56. The van der Waals surface area contributed by atoms with Crippen LogP contribution in [0, 0.1) is 0 Å². The van der Waals surface area contributed by atoms with E-state index in [1.165, 1.54) is 6.07 Å². The number of primary amides is 1. The number of nitrogens with two attached hydrogens (primary N) is 1. The fourth-order valence-electron chi connectivity index (χ4n) is 1.68. The van der Waals surface area contributed by atoms with E-state index in [1.54, 1.807) is 12.3 Å². The molecule has 112 valence electrons. The second-order valence-corrected chi connectivity index (χ2v) is 4.26. The van der Waals surface area contributed by atoms with Crippen LogP contribution < -0.4 is 16.4 Å². The first-order valence-electron chi connectivity index (χ1n) is 6.62. The third kappa shape index (κ3) is 4.41. The molecule has 4 N–H and O–H groups in total. The molecule has 7 nitrogen and oxygen atoms in total. The number of hydrogen-bond acceptors (Lipinski definition) is 4. The normalized spacial score (nSPS) is 11.4. The Bertz CT molecular complexity index is 602. The number of nitrogens with zero attached hydrogens (tertiary/aromatic N) is 1. The number of furan rings is 2. The Hall–Kier alpha value is -2.70. The molecule has 0 saturated heterocycles. The maximum Gasteiger partial charge on any atom is 0.284 e. The van der Waals surface area contributed by atoms with Gasteiger partial charge in [-0.15, -0.1) is 0 Å². The van der Waals surface area contributed by atoms with E-state index in [2.05, 4.69) is 15.6 Å². The van der Waals surface area contributed by atoms with E-state index in [4.69, 9.17) is 14.6 Å². The number of nitrogens with one attached hydrogen (secondary N) is 2. The molecule has 0 unspecified atom stereocenters. The van der Waals surface area contributed by atoms with Crippen molar-refractivity contribution in [2.45, 2.75) is 20.0 Å². The molecular formula is C14H18N4O3. The Morgan fingerprint density at radius 3 is 2.76 bits per heavy atom. The Kier molecular flexibility index (Phi) is 5.03. The molecule has 0 radical (unpaired) electrons. The fraction of sp³-hybridized carbons (Fsp3) is 0.286. The average molecular weight is 290 g/mol. The zero-order valence-electron chi connectivity index (χ0n) is 11.8. The minimum absolute atomic E-state index is 0.133. The first kappa shape index (κ1) is 14.7. The lowest BCUT2D eigenvalue weighted by atomic mass is 10.4. The minimum Gasteiger partial charge on any atom is -0.467 e. The highest BCUT2D eigenvalue weighted by atomic mass is 16.4. The highest BCUT2D eigenvalue weighted by molar-refractivity contribution is 5.89. The molecule has 21 heavy (non-hydrogen) atoms. The topological polar surface area (TPSA) is 106 Å². The summed E-state index contributed by atoms with van der Waals surface area (Å²) in [6.07, 6.45) is 1.62. The SMILES string of the molecule is CCNC(=NCc1ccc(C(N)=O)o1)NCc1ccco1. The van der Waals surface area contributed by atoms with E-state index in [1.807, 2.05) is 19.1 Å². The third-order valence-electron chi connectivity index (χ3n) is 2.65. The van der Waals surface area contributed by atoms with Crippen molar-refractivity contribution >= 4 is 11.9 Å². The van der Waals surface area contributed by atoms with Crippen molar-refractivity contribution in [2.75, 3.05) is 6.54 Å². The van der Waals surface area contributed by atoms with E-state index in [0.29, 0.717) is 24.8 Å². The van der Waals surface area contributed by atoms with E-state index >= 15 is 0 Å². The maximum atomic E-state index is 10.9. The maximum absolute atomic E-state index is 10.9. The highest BCUT2D eigenvalue weighted by Crippen LogP contribution is 2.08. The number of guanidine groups is 1. The lowest BCUT2D eigenvalue weighted by molar-refractivity contribution is 0.0972. The summed E-state index contributed by atoms with van der Waals surface area (Å²) in [6.45, 7) is 3.54. The summed E-state index contributed by atoms with van der Waals surface area (Å²) < 4.78 is 10.5. The van der Waals surface area contributed by atoms with Crippen LogP contribution >= 0.6 is 0 Å². The first-order chi connectivity index (χ1) is 10.2. The molecule has 2 rings (SSSR count). The van der Waals surface area contributed by atoms with Gasteiger partial charge in [0.25, 0.3) is 5.91 Å². The van der Waals surface area contributed by atoms with Gasteiger partial charge in [-0.05, 0) is 31.2 Å². The summed E-state index contributed by atoms with van der Waals surface area (Å²) in [7, 11) is 0. The molecule has 2 heterocycles. The predicted molar refractivity (Wildman–Crippen MR) is 77.6 cm³/mol. The van der Waals surface area contributed by atoms with Crippen molar-refractivity contribution in [1.29, 1.82) is 0 Å². The van der Waals surface area contributed by atoms with Crippen LogP contribution in [-0.2, 0) is 13.1 Å². The summed E-state index contributed by atoms with van der Waals surface area (Å²) in [6, 6.07) is 6.92. The molecule has 0 bridgehead atoms. The van der Waals surface area contributed by atoms with Crippen molar-refractivity contribution in [1.82, 2.24) is 10.6 Å². The zero-order valence-corrected chi connectivity index (χ0v) is 11.8. The zero-order chi connectivity index (χ0) is 15.1. The Morgan fingerprint density at radius 2 is 2.14 bits per heavy atom. The molecular weight excluding hydrogens is 272 g/mol. The molecule has 0 aliphatic carbocycles. The Labute approximate surface area is 122 Å². The number of carbonyl (C=O) groups is 1. The van der Waals surface area contributed by atoms with Gasteiger partial charge in [0.1, 0.15) is 18.1 Å². The highest BCUT2D eigenvalue weighted by Gasteiger charge is 2.07. The largest absolute Gasteiger partial charge is 0.467 e. The van der Waals surface area contributed by atoms with E-state index in [9.17, 15) is 4.79 Å². The van der Waals surface area contributed by atoms with E-state index in [0.717, 1.165) is 12.3 Å². The first-order valence-corrected chi connectivity index (χ1v) is 6.62. The van der Waals surface area contributed by atoms with Crippen LogP contribution in [0.25, 0.3) is 0 Å². The van der Waals surface area contributed by atoms with Crippen LogP contribution in [0.3, 0.4) is 0 Å². The molecule has 0 fully saturated rings. The van der Waals surface area contributed by atoms with Gasteiger partial charge in [0.15, 0.2) is 11.7 Å². The molecule has 0 spiro atoms. The van der Waals surface area contributed by atoms with Gasteiger partial charge in [0.05, 0.1) is 12.8 Å². The average Bonchev–Trinajstić information content (AvgIpc) is 3.13. The Balaban J connectivity index is 1.94. The van der Waals surface area contributed by atoms with Crippen LogP contribution in [0.5, 0.6) is 0 Å². The Morgan fingerprint density at radius 1 is 1.29 bits per heavy atom. The van der Waals surface area contributed by atoms with Crippen molar-refractivity contribution < 1.29 is 13.6 Å². The van der Waals surface area contributed by atoms with Gasteiger partial charge >= 0.3 is 0 Å². The van der Waals surface area contributed by atoms with Gasteiger partial charge in [-0.25, -0.2) is 4.99 Å². The summed E-state index contributed by atoms with van der Waals surface area (Å²) in [4.78, 5) is 15.3. The second kappa shape index (κ2) is 7.18. The predicted octanol–water partition coefficient (Wildman–Crippen LogP) is 1.23. The van der Waals surface area contributed by atoms with Gasteiger partial charge in [0, 0.05) is 6.54 Å². The van der Waals surface area contributed by atoms with Gasteiger partial charge < -0.3 is 25.2 Å². The fourth-order valence-corrected chi connectivity index (χ4v) is 1.68. The molecule has 7 heteroatoms. The van der Waals surface area contributed by atoms with Crippen LogP contribution in [0.4, 0.5) is 0 Å². The number of rotatable bonds is 6. The summed E-state index contributed by atoms with van der Waals surface area (Å²) in [5, 5.41) is 6.24. The van der Waals surface area contributed by atoms with Crippen molar-refractivity contribution in [3.63, 3.8) is 0 Å². The molecule has 0 aliphatic heterocycles. The van der Waals surface area contributed by atoms with Crippen LogP contribution in [0.15, 0.2) is 44.4 Å². The number of carbonyl (C=O) groups excluding carboxylic acids is 1. The van der Waals surface area contributed by atoms with Gasteiger partial charge in [-0.1, -0.05) is 0 Å². The van der Waals surface area contributed by atoms with Gasteiger partial charge in [0.2, 0.25) is 0 Å². The van der Waals surface area contributed by atoms with Gasteiger partial charge in [-0.2, -0.15) is 0 Å². The van der Waals surface area contributed by atoms with Crippen LogP contribution in [0.1, 0.15) is 29.0 Å². The van der Waals surface area contributed by atoms with Crippen LogP contribution in [-0.4, -0.2) is 18.4 Å². The van der Waals surface area contributed by atoms with Gasteiger partial charge in [-0.3, -0.25) is 4.79 Å². The molecule has 0 saturated carbocycles. The van der Waals surface area contributed by atoms with Crippen molar-refractivity contribution in [3.05, 3.63) is 47.8 Å². The van der Waals surface area contributed by atoms with Crippen molar-refractivity contribution in [3.8, 4) is 0 Å². The van der Waals surface area contributed by atoms with E-state index < -0.39 is 5.91 Å². The van der Waals surface area contributed by atoms with E-state index in [-0.39, 0.29) is 5.76 Å². The lowest BCUT2D eigenvalue weighted by Gasteiger charge is -2.09. The lowest BCUT2D eigenvalue weighted by Crippen LogP contribution is -2.36. The number of aliphatic imine (C=N–C) groups is 1. The minimum atomic E-state index is -0.590. The summed E-state index contributed by atoms with van der Waals surface area (Å²) >= 11 is 0. The summed E-state index contributed by atoms with van der Waals surface area (Å²) in [5.41, 5.74) is 5.13. The quantitative estimate of drug-likeness (QED) is 0.548. The number of amides is 1. The third-order valence-corrected chi connectivity index (χ3v) is 2.65. The van der Waals surface area contributed by atoms with Crippen LogP contribution in [0.2, 0.25) is 0 Å². The van der Waals surface area contributed by atoms with Crippen molar-refractivity contribution in [2.24, 2.45) is 10.7 Å². The smallest absolute Gasteiger partial charge is 0.284 e.